The summed E-state index contributed by atoms with van der Waals surface area (Å²) in [5.41, 5.74) is 3.49. The van der Waals surface area contributed by atoms with Crippen molar-refractivity contribution in [2.45, 2.75) is 120 Å². The Morgan fingerprint density at radius 3 is 2.00 bits per heavy atom. The number of esters is 1. The second kappa shape index (κ2) is 6.15. The minimum absolute atomic E-state index is 0.0330. The molecule has 0 radical (unpaired) electrons. The van der Waals surface area contributed by atoms with Crippen LogP contribution in [0.1, 0.15) is 108 Å². The third-order valence-corrected chi connectivity index (χ3v) is 9.30. The fourth-order valence-electron chi connectivity index (χ4n) is 6.67. The quantitative estimate of drug-likeness (QED) is 0.253. The Bertz CT molecular complexity index is 790. The van der Waals surface area contributed by atoms with Crippen LogP contribution < -0.4 is 0 Å². The van der Waals surface area contributed by atoms with Gasteiger partial charge in [-0.15, -0.1) is 0 Å². The SMILES string of the molecule is CC(C)(C)CC(OC(=O)C(C)(CC(C)(C)C)C1(C)CC1)OC1CC2=C3CC1(C)C23C. The lowest BCUT2D eigenvalue weighted by Crippen LogP contribution is -2.48. The maximum Gasteiger partial charge on any atom is 0.314 e. The zero-order chi connectivity index (χ0) is 22.5. The second-order valence-corrected chi connectivity index (χ2v) is 14.2. The summed E-state index contributed by atoms with van der Waals surface area (Å²) in [6.45, 7) is 22.4. The first-order valence-corrected chi connectivity index (χ1v) is 12.0. The molecule has 0 aromatic carbocycles. The van der Waals surface area contributed by atoms with Crippen LogP contribution in [0.5, 0.6) is 0 Å². The van der Waals surface area contributed by atoms with Crippen LogP contribution >= 0.6 is 0 Å². The summed E-state index contributed by atoms with van der Waals surface area (Å²) in [7, 11) is 0. The van der Waals surface area contributed by atoms with E-state index in [0.717, 1.165) is 32.1 Å². The third-order valence-electron chi connectivity index (χ3n) is 9.30. The third kappa shape index (κ3) is 3.21. The lowest BCUT2D eigenvalue weighted by Gasteiger charge is -2.48. The van der Waals surface area contributed by atoms with E-state index >= 15 is 0 Å². The molecule has 3 nitrogen and oxygen atoms in total. The first-order valence-electron chi connectivity index (χ1n) is 12.0. The Kier molecular flexibility index (Phi) is 4.58. The van der Waals surface area contributed by atoms with Gasteiger partial charge in [0, 0.05) is 17.3 Å². The fraction of sp³-hybridized carbons (Fsp3) is 0.889. The molecule has 0 spiro atoms. The normalized spacial score (nSPS) is 36.5. The molecule has 4 aliphatic rings. The number of hydrogen-bond donors (Lipinski definition) is 0. The van der Waals surface area contributed by atoms with E-state index < -0.39 is 11.7 Å². The molecule has 30 heavy (non-hydrogen) atoms. The number of carbonyl (C=O) groups is 1. The topological polar surface area (TPSA) is 35.5 Å². The predicted octanol–water partition coefficient (Wildman–Crippen LogP) is 7.05. The average molecular weight is 417 g/mol. The molecule has 0 aromatic heterocycles. The molecular formula is C27H44O3. The first-order chi connectivity index (χ1) is 13.5. The minimum atomic E-state index is -0.468. The van der Waals surface area contributed by atoms with Gasteiger partial charge in [0.2, 0.25) is 6.29 Å². The van der Waals surface area contributed by atoms with Gasteiger partial charge in [0.05, 0.1) is 11.5 Å². The Labute approximate surface area is 184 Å². The van der Waals surface area contributed by atoms with Crippen LogP contribution in [0.3, 0.4) is 0 Å². The molecule has 0 aromatic rings. The van der Waals surface area contributed by atoms with Crippen molar-refractivity contribution in [3.63, 3.8) is 0 Å². The van der Waals surface area contributed by atoms with E-state index in [9.17, 15) is 4.79 Å². The van der Waals surface area contributed by atoms with E-state index in [1.807, 2.05) is 0 Å². The van der Waals surface area contributed by atoms with Gasteiger partial charge in [-0.3, -0.25) is 4.79 Å². The number of rotatable bonds is 7. The molecule has 3 fully saturated rings. The molecule has 170 valence electrons. The molecular weight excluding hydrogens is 372 g/mol. The van der Waals surface area contributed by atoms with Crippen LogP contribution in [-0.2, 0) is 14.3 Å². The minimum Gasteiger partial charge on any atom is -0.435 e. The molecule has 3 heteroatoms. The van der Waals surface area contributed by atoms with Crippen molar-refractivity contribution < 1.29 is 14.3 Å². The predicted molar refractivity (Wildman–Crippen MR) is 121 cm³/mol. The summed E-state index contributed by atoms with van der Waals surface area (Å²) in [5.74, 6) is -0.0558. The Balaban J connectivity index is 1.52. The van der Waals surface area contributed by atoms with Gasteiger partial charge in [0.1, 0.15) is 0 Å². The lowest BCUT2D eigenvalue weighted by atomic mass is 9.59. The summed E-state index contributed by atoms with van der Waals surface area (Å²) in [5, 5.41) is 0. The monoisotopic (exact) mass is 416 g/mol. The summed E-state index contributed by atoms with van der Waals surface area (Å²) in [6, 6.07) is 0. The van der Waals surface area contributed by atoms with Crippen molar-refractivity contribution in [3.8, 4) is 0 Å². The Morgan fingerprint density at radius 1 is 1.00 bits per heavy atom. The molecule has 5 unspecified atom stereocenters. The van der Waals surface area contributed by atoms with Gasteiger partial charge in [0.25, 0.3) is 0 Å². The molecule has 0 saturated heterocycles. The standard InChI is InChI=1S/C27H44O3/c1-22(2,3)15-20(29-19-13-17-18-14-25(19,8)27(17,18)10)30-21(28)26(9,16-23(4,5)6)24(7)11-12-24/h19-20H,11-16H2,1-10H3. The highest BCUT2D eigenvalue weighted by Crippen LogP contribution is 2.83. The van der Waals surface area contributed by atoms with Gasteiger partial charge in [0.15, 0.2) is 0 Å². The summed E-state index contributed by atoms with van der Waals surface area (Å²) in [6.07, 6.45) is 5.68. The number of allylic oxidation sites excluding steroid dienone is 1. The maximum absolute atomic E-state index is 13.7. The van der Waals surface area contributed by atoms with Gasteiger partial charge in [-0.2, -0.15) is 0 Å². The molecule has 3 saturated carbocycles. The molecule has 0 aliphatic heterocycles. The van der Waals surface area contributed by atoms with Crippen molar-refractivity contribution in [2.24, 2.45) is 32.5 Å². The van der Waals surface area contributed by atoms with Gasteiger partial charge in [-0.25, -0.2) is 0 Å². The maximum atomic E-state index is 13.7. The van der Waals surface area contributed by atoms with E-state index in [1.54, 1.807) is 11.1 Å². The van der Waals surface area contributed by atoms with Crippen LogP contribution in [0.4, 0.5) is 0 Å². The van der Waals surface area contributed by atoms with Crippen LogP contribution in [0.25, 0.3) is 0 Å². The van der Waals surface area contributed by atoms with Crippen molar-refractivity contribution in [1.82, 2.24) is 0 Å². The van der Waals surface area contributed by atoms with Gasteiger partial charge >= 0.3 is 5.97 Å². The van der Waals surface area contributed by atoms with Gasteiger partial charge in [-0.05, 0) is 55.3 Å². The van der Waals surface area contributed by atoms with Crippen LogP contribution in [0.2, 0.25) is 0 Å². The fourth-order valence-corrected chi connectivity index (χ4v) is 6.67. The molecule has 0 heterocycles. The van der Waals surface area contributed by atoms with Crippen molar-refractivity contribution >= 4 is 5.97 Å². The van der Waals surface area contributed by atoms with Crippen LogP contribution in [0, 0.1) is 32.5 Å². The van der Waals surface area contributed by atoms with E-state index in [2.05, 4.69) is 69.2 Å². The Morgan fingerprint density at radius 2 is 1.60 bits per heavy atom. The van der Waals surface area contributed by atoms with Crippen LogP contribution in [-0.4, -0.2) is 18.4 Å². The summed E-state index contributed by atoms with van der Waals surface area (Å²) < 4.78 is 12.9. The second-order valence-electron chi connectivity index (χ2n) is 14.2. The molecule has 0 bridgehead atoms. The number of carbonyl (C=O) groups excluding carboxylic acids is 1. The zero-order valence-electron chi connectivity index (χ0n) is 21.1. The van der Waals surface area contributed by atoms with Crippen LogP contribution in [0.15, 0.2) is 11.1 Å². The molecule has 4 aliphatic carbocycles. The smallest absolute Gasteiger partial charge is 0.314 e. The highest BCUT2D eigenvalue weighted by atomic mass is 16.7. The molecule has 0 N–H and O–H groups in total. The number of ether oxygens (including phenoxy) is 2. The molecule has 4 rings (SSSR count). The highest BCUT2D eigenvalue weighted by molar-refractivity contribution is 5.78. The van der Waals surface area contributed by atoms with E-state index in [-0.39, 0.29) is 33.7 Å². The van der Waals surface area contributed by atoms with E-state index in [1.165, 1.54) is 6.42 Å². The first kappa shape index (κ1) is 22.4. The highest BCUT2D eigenvalue weighted by Gasteiger charge is 2.77. The van der Waals surface area contributed by atoms with E-state index in [0.29, 0.717) is 5.41 Å². The van der Waals surface area contributed by atoms with Crippen molar-refractivity contribution in [3.05, 3.63) is 11.1 Å². The van der Waals surface area contributed by atoms with E-state index in [4.69, 9.17) is 9.47 Å². The van der Waals surface area contributed by atoms with Crippen molar-refractivity contribution in [1.29, 1.82) is 0 Å². The molecule has 0 amide bonds. The van der Waals surface area contributed by atoms with Gasteiger partial charge < -0.3 is 9.47 Å². The largest absolute Gasteiger partial charge is 0.435 e. The van der Waals surface area contributed by atoms with Gasteiger partial charge in [-0.1, -0.05) is 73.5 Å². The Hall–Kier alpha value is -0.830. The molecule has 5 atom stereocenters. The summed E-state index contributed by atoms with van der Waals surface area (Å²) >= 11 is 0. The van der Waals surface area contributed by atoms with Crippen molar-refractivity contribution in [2.75, 3.05) is 0 Å². The zero-order valence-corrected chi connectivity index (χ0v) is 21.1. The lowest BCUT2D eigenvalue weighted by molar-refractivity contribution is -0.225. The number of hydrogen-bond acceptors (Lipinski definition) is 3. The average Bonchev–Trinajstić information content (AvgIpc) is 3.39. The summed E-state index contributed by atoms with van der Waals surface area (Å²) in [4.78, 5) is 13.7.